The highest BCUT2D eigenvalue weighted by Gasteiger charge is 2.46. The van der Waals surface area contributed by atoms with Crippen molar-refractivity contribution in [3.63, 3.8) is 0 Å². The summed E-state index contributed by atoms with van der Waals surface area (Å²) in [5.74, 6) is -0.226. The first kappa shape index (κ1) is 38.2. The number of Topliss-reactive ketones (excluding diaryl/α,β-unsaturated/α-hetero) is 2. The molecule has 2 aromatic carbocycles. The number of carbonyl (C=O) groups excluding carboxylic acids is 2. The summed E-state index contributed by atoms with van der Waals surface area (Å²) in [6.45, 7) is 18.3. The van der Waals surface area contributed by atoms with Crippen molar-refractivity contribution in [3.8, 4) is 11.5 Å². The second-order valence-corrected chi connectivity index (χ2v) is 14.0. The van der Waals surface area contributed by atoms with Crippen LogP contribution >= 0.6 is 0 Å². The monoisotopic (exact) mass is 654 g/mol. The molecule has 3 rings (SSSR count). The molecule has 2 aromatic rings. The van der Waals surface area contributed by atoms with Gasteiger partial charge in [-0.2, -0.15) is 0 Å². The fourth-order valence-corrected chi connectivity index (χ4v) is 6.03. The minimum Gasteiger partial charge on any atom is -0.490 e. The van der Waals surface area contributed by atoms with Crippen LogP contribution in [0.3, 0.4) is 0 Å². The minimum absolute atomic E-state index is 0.0400. The lowest BCUT2D eigenvalue weighted by Gasteiger charge is -2.34. The Kier molecular flexibility index (Phi) is 13.2. The average Bonchev–Trinajstić information content (AvgIpc) is 3.23. The van der Waals surface area contributed by atoms with E-state index in [9.17, 15) is 19.8 Å². The van der Waals surface area contributed by atoms with Crippen LogP contribution in [0, 0.1) is 11.7 Å². The molecular weight excluding hydrogens is 599 g/mol. The zero-order valence-corrected chi connectivity index (χ0v) is 29.8. The Balaban J connectivity index is 2.09. The molecule has 9 heteroatoms. The van der Waals surface area contributed by atoms with Gasteiger partial charge in [-0.3, -0.25) is 14.6 Å². The van der Waals surface area contributed by atoms with Gasteiger partial charge in [0.05, 0.1) is 43.6 Å². The zero-order valence-electron chi connectivity index (χ0n) is 29.8. The normalized spacial score (nSPS) is 16.3. The summed E-state index contributed by atoms with van der Waals surface area (Å²) in [5, 5.41) is 19.3. The van der Waals surface area contributed by atoms with Crippen LogP contribution in [0.2, 0.25) is 0 Å². The zero-order chi connectivity index (χ0) is 35.1. The molecule has 0 bridgehead atoms. The smallest absolute Gasteiger partial charge is 0.197 e. The quantitative estimate of drug-likeness (QED) is 0.137. The van der Waals surface area contributed by atoms with E-state index in [1.807, 2.05) is 71.6 Å². The number of nitrogens with zero attached hydrogens (tertiary/aromatic N) is 2. The number of aliphatic hydroxyl groups excluding tert-OH is 2. The Morgan fingerprint density at radius 2 is 1.64 bits per heavy atom. The standard InChI is InChI=1S/C38H55FN2O6/c1-10-14-15-40-36-33-29(21-32(46-12-3)35(34(33)39)47-13-4)38(8,9)41(36)22-31(45)26-18-25(19-27(20-26)37(5,6)7)30(44)17-24(11-2)16-28(43)23-42/h18-21,24,28,42-43H,10-17,22-23H2,1-9H3. The highest BCUT2D eigenvalue weighted by Crippen LogP contribution is 2.46. The van der Waals surface area contributed by atoms with Crippen molar-refractivity contribution in [2.75, 3.05) is 32.9 Å². The number of aliphatic imine (C=N–C) groups is 1. The highest BCUT2D eigenvalue weighted by molar-refractivity contribution is 6.09. The number of amidine groups is 1. The molecule has 260 valence electrons. The van der Waals surface area contributed by atoms with Gasteiger partial charge in [0.25, 0.3) is 0 Å². The largest absolute Gasteiger partial charge is 0.490 e. The van der Waals surface area contributed by atoms with Gasteiger partial charge in [-0.25, -0.2) is 4.39 Å². The van der Waals surface area contributed by atoms with Gasteiger partial charge in [0.2, 0.25) is 0 Å². The second kappa shape index (κ2) is 16.2. The molecule has 8 nitrogen and oxygen atoms in total. The number of aliphatic hydroxyl groups is 2. The van der Waals surface area contributed by atoms with E-state index in [1.165, 1.54) is 0 Å². The second-order valence-electron chi connectivity index (χ2n) is 14.0. The Hall–Kier alpha value is -3.30. The molecule has 0 aromatic heterocycles. The lowest BCUT2D eigenvalue weighted by atomic mass is 9.83. The number of unbranched alkanes of at least 4 members (excludes halogenated alkanes) is 1. The molecule has 47 heavy (non-hydrogen) atoms. The molecule has 1 heterocycles. The van der Waals surface area contributed by atoms with Crippen molar-refractivity contribution >= 4 is 17.4 Å². The van der Waals surface area contributed by atoms with Crippen LogP contribution in [0.1, 0.15) is 132 Å². The van der Waals surface area contributed by atoms with Crippen LogP contribution in [0.15, 0.2) is 29.3 Å². The van der Waals surface area contributed by atoms with Crippen molar-refractivity contribution < 1.29 is 33.7 Å². The molecular formula is C38H55FN2O6. The van der Waals surface area contributed by atoms with E-state index >= 15 is 4.39 Å². The van der Waals surface area contributed by atoms with Crippen molar-refractivity contribution in [1.82, 2.24) is 4.90 Å². The van der Waals surface area contributed by atoms with Crippen LogP contribution in [0.5, 0.6) is 11.5 Å². The van der Waals surface area contributed by atoms with Gasteiger partial charge in [0, 0.05) is 24.1 Å². The van der Waals surface area contributed by atoms with Gasteiger partial charge >= 0.3 is 0 Å². The van der Waals surface area contributed by atoms with E-state index in [0.717, 1.165) is 18.4 Å². The van der Waals surface area contributed by atoms with E-state index in [1.54, 1.807) is 13.0 Å². The predicted octanol–water partition coefficient (Wildman–Crippen LogP) is 7.24. The number of rotatable bonds is 17. The molecule has 0 fully saturated rings. The molecule has 0 aliphatic carbocycles. The van der Waals surface area contributed by atoms with E-state index < -0.39 is 17.5 Å². The van der Waals surface area contributed by atoms with Gasteiger partial charge in [-0.1, -0.05) is 47.5 Å². The molecule has 1 aliphatic heterocycles. The summed E-state index contributed by atoms with van der Waals surface area (Å²) < 4.78 is 27.9. The summed E-state index contributed by atoms with van der Waals surface area (Å²) in [6.07, 6.45) is 2.03. The van der Waals surface area contributed by atoms with Crippen LogP contribution in [0.25, 0.3) is 0 Å². The fraction of sp³-hybridized carbons (Fsp3) is 0.605. The van der Waals surface area contributed by atoms with Gasteiger partial charge in [-0.05, 0) is 87.3 Å². The van der Waals surface area contributed by atoms with Crippen LogP contribution in [0.4, 0.5) is 4.39 Å². The molecule has 0 amide bonds. The maximum absolute atomic E-state index is 16.4. The summed E-state index contributed by atoms with van der Waals surface area (Å²) in [4.78, 5) is 34.5. The first-order valence-corrected chi connectivity index (χ1v) is 17.1. The molecule has 2 unspecified atom stereocenters. The number of carbonyl (C=O) groups is 2. The van der Waals surface area contributed by atoms with E-state index in [2.05, 4.69) is 6.92 Å². The van der Waals surface area contributed by atoms with Gasteiger partial charge < -0.3 is 24.6 Å². The minimum atomic E-state index is -0.883. The van der Waals surface area contributed by atoms with Crippen LogP contribution in [-0.2, 0) is 11.0 Å². The molecule has 0 radical (unpaired) electrons. The van der Waals surface area contributed by atoms with Gasteiger partial charge in [-0.15, -0.1) is 0 Å². The average molecular weight is 655 g/mol. The van der Waals surface area contributed by atoms with E-state index in [0.29, 0.717) is 59.8 Å². The van der Waals surface area contributed by atoms with E-state index in [-0.39, 0.29) is 54.8 Å². The summed E-state index contributed by atoms with van der Waals surface area (Å²) in [5.41, 5.74) is 1.52. The number of halogens is 1. The topological polar surface area (TPSA) is 109 Å². The first-order chi connectivity index (χ1) is 22.1. The summed E-state index contributed by atoms with van der Waals surface area (Å²) in [6, 6.07) is 7.15. The lowest BCUT2D eigenvalue weighted by molar-refractivity contribution is 0.0689. The van der Waals surface area contributed by atoms with Crippen molar-refractivity contribution in [1.29, 1.82) is 0 Å². The highest BCUT2D eigenvalue weighted by atomic mass is 19.1. The van der Waals surface area contributed by atoms with Gasteiger partial charge in [0.1, 0.15) is 5.84 Å². The Morgan fingerprint density at radius 3 is 2.19 bits per heavy atom. The van der Waals surface area contributed by atoms with E-state index in [4.69, 9.17) is 14.5 Å². The fourth-order valence-electron chi connectivity index (χ4n) is 6.03. The van der Waals surface area contributed by atoms with Crippen LogP contribution < -0.4 is 9.47 Å². The number of ketones is 2. The number of hydrogen-bond acceptors (Lipinski definition) is 7. The van der Waals surface area contributed by atoms with Crippen molar-refractivity contribution in [2.24, 2.45) is 10.9 Å². The molecule has 0 saturated carbocycles. The molecule has 2 atom stereocenters. The third kappa shape index (κ3) is 8.79. The summed E-state index contributed by atoms with van der Waals surface area (Å²) >= 11 is 0. The summed E-state index contributed by atoms with van der Waals surface area (Å²) in [7, 11) is 0. The molecule has 0 saturated heterocycles. The number of hydrogen-bond donors (Lipinski definition) is 2. The Morgan fingerprint density at radius 1 is 1.00 bits per heavy atom. The molecule has 0 spiro atoms. The maximum Gasteiger partial charge on any atom is 0.197 e. The van der Waals surface area contributed by atoms with Crippen molar-refractivity contribution in [3.05, 3.63) is 57.9 Å². The Bertz CT molecular complexity index is 1440. The maximum atomic E-state index is 16.4. The van der Waals surface area contributed by atoms with Gasteiger partial charge in [0.15, 0.2) is 28.9 Å². The third-order valence-corrected chi connectivity index (χ3v) is 8.97. The number of benzene rings is 2. The lowest BCUT2D eigenvalue weighted by Crippen LogP contribution is -2.43. The van der Waals surface area contributed by atoms with Crippen molar-refractivity contribution in [2.45, 2.75) is 111 Å². The SMILES string of the molecule is CCCCN=C1c2c(cc(OCC)c(OCC)c2F)C(C)(C)N1CC(=O)c1cc(C(=O)CC(CC)CC(O)CO)cc(C(C)(C)C)c1. The third-order valence-electron chi connectivity index (χ3n) is 8.97. The molecule has 1 aliphatic rings. The number of fused-ring (bicyclic) bond motifs is 1. The molecule has 2 N–H and O–H groups in total. The first-order valence-electron chi connectivity index (χ1n) is 17.1. The number of ether oxygens (including phenoxy) is 2. The van der Waals surface area contributed by atoms with Crippen LogP contribution in [-0.4, -0.2) is 71.5 Å². The Labute approximate surface area is 280 Å². The predicted molar refractivity (Wildman–Crippen MR) is 185 cm³/mol.